The number of hydrogen-bond donors (Lipinski definition) is 1. The number of piperidine rings is 1. The fraction of sp³-hybridized carbons (Fsp3) is 0.409. The summed E-state index contributed by atoms with van der Waals surface area (Å²) < 4.78 is 11.2. The van der Waals surface area contributed by atoms with Crippen molar-refractivity contribution in [2.45, 2.75) is 25.8 Å². The maximum absolute atomic E-state index is 11.3. The molecular formula is C22H27NO4. The number of nitrogens with zero attached hydrogens (tertiary/aromatic N) is 1. The predicted octanol–water partition coefficient (Wildman–Crippen LogP) is 3.98. The Labute approximate surface area is 160 Å². The van der Waals surface area contributed by atoms with Crippen LogP contribution in [0.15, 0.2) is 48.5 Å². The van der Waals surface area contributed by atoms with Crippen molar-refractivity contribution in [3.05, 3.63) is 59.7 Å². The van der Waals surface area contributed by atoms with Crippen LogP contribution in [0.3, 0.4) is 0 Å². The average molecular weight is 369 g/mol. The van der Waals surface area contributed by atoms with Crippen LogP contribution in [0, 0.1) is 5.92 Å². The van der Waals surface area contributed by atoms with Gasteiger partial charge in [-0.25, -0.2) is 0 Å². The molecule has 1 saturated heterocycles. The molecule has 2 aromatic rings. The van der Waals surface area contributed by atoms with Crippen LogP contribution in [0.1, 0.15) is 36.9 Å². The molecule has 0 radical (unpaired) electrons. The Balaban J connectivity index is 1.93. The lowest BCUT2D eigenvalue weighted by Crippen LogP contribution is -2.39. The zero-order chi connectivity index (χ0) is 19.2. The third-order valence-corrected chi connectivity index (χ3v) is 5.16. The van der Waals surface area contributed by atoms with E-state index in [1.165, 1.54) is 5.56 Å². The highest BCUT2D eigenvalue weighted by atomic mass is 16.5. The summed E-state index contributed by atoms with van der Waals surface area (Å²) in [6.45, 7) is 4.05. The van der Waals surface area contributed by atoms with Crippen LogP contribution in [0.4, 0.5) is 0 Å². The van der Waals surface area contributed by atoms with Crippen LogP contribution in [0.2, 0.25) is 0 Å². The maximum atomic E-state index is 11.3. The molecule has 0 saturated carbocycles. The van der Waals surface area contributed by atoms with Gasteiger partial charge in [-0.15, -0.1) is 0 Å². The summed E-state index contributed by atoms with van der Waals surface area (Å²) in [6, 6.07) is 16.5. The number of ether oxygens (including phenoxy) is 2. The number of rotatable bonds is 7. The third-order valence-electron chi connectivity index (χ3n) is 5.16. The number of carboxylic acids is 1. The Morgan fingerprint density at radius 1 is 1.11 bits per heavy atom. The fourth-order valence-corrected chi connectivity index (χ4v) is 3.78. The Bertz CT molecular complexity index is 754. The molecule has 144 valence electrons. The molecule has 0 bridgehead atoms. The highest BCUT2D eigenvalue weighted by Gasteiger charge is 2.30. The van der Waals surface area contributed by atoms with Gasteiger partial charge in [-0.1, -0.05) is 36.4 Å². The Morgan fingerprint density at radius 3 is 2.41 bits per heavy atom. The van der Waals surface area contributed by atoms with Crippen LogP contribution in [0.5, 0.6) is 11.5 Å². The van der Waals surface area contributed by atoms with Crippen molar-refractivity contribution >= 4 is 5.97 Å². The molecule has 27 heavy (non-hydrogen) atoms. The van der Waals surface area contributed by atoms with Crippen LogP contribution < -0.4 is 9.47 Å². The molecule has 5 heteroatoms. The van der Waals surface area contributed by atoms with Gasteiger partial charge >= 0.3 is 5.97 Å². The van der Waals surface area contributed by atoms with Crippen LogP contribution >= 0.6 is 0 Å². The number of aliphatic carboxylic acids is 1. The van der Waals surface area contributed by atoms with Crippen LogP contribution in [0.25, 0.3) is 0 Å². The molecule has 5 nitrogen and oxygen atoms in total. The molecule has 0 aliphatic carbocycles. The van der Waals surface area contributed by atoms with E-state index in [4.69, 9.17) is 9.47 Å². The molecule has 3 rings (SSSR count). The van der Waals surface area contributed by atoms with Crippen molar-refractivity contribution in [1.29, 1.82) is 0 Å². The van der Waals surface area contributed by atoms with E-state index >= 15 is 0 Å². The highest BCUT2D eigenvalue weighted by molar-refractivity contribution is 5.70. The lowest BCUT2D eigenvalue weighted by atomic mass is 9.91. The van der Waals surface area contributed by atoms with Gasteiger partial charge in [0.2, 0.25) is 0 Å². The van der Waals surface area contributed by atoms with Gasteiger partial charge in [-0.2, -0.15) is 0 Å². The van der Waals surface area contributed by atoms with E-state index in [0.29, 0.717) is 19.4 Å². The Morgan fingerprint density at radius 2 is 1.81 bits per heavy atom. The van der Waals surface area contributed by atoms with E-state index in [-0.39, 0.29) is 12.0 Å². The minimum atomic E-state index is -0.686. The topological polar surface area (TPSA) is 59.0 Å². The van der Waals surface area contributed by atoms with Gasteiger partial charge in [0, 0.05) is 0 Å². The second-order valence-corrected chi connectivity index (χ2v) is 6.81. The quantitative estimate of drug-likeness (QED) is 0.800. The average Bonchev–Trinajstić information content (AvgIpc) is 2.70. The van der Waals surface area contributed by atoms with Gasteiger partial charge < -0.3 is 14.6 Å². The molecule has 1 N–H and O–H groups in total. The molecule has 2 aromatic carbocycles. The van der Waals surface area contributed by atoms with Crippen molar-refractivity contribution in [1.82, 2.24) is 4.90 Å². The summed E-state index contributed by atoms with van der Waals surface area (Å²) >= 11 is 0. The SMILES string of the molecule is CCOc1ccc(C(c2ccccc2)N2CCC(C(=O)O)CC2)cc1OC. The van der Waals surface area contributed by atoms with Crippen molar-refractivity contribution in [2.75, 3.05) is 26.8 Å². The third kappa shape index (κ3) is 4.42. The molecule has 1 aliphatic heterocycles. The zero-order valence-electron chi connectivity index (χ0n) is 15.9. The van der Waals surface area contributed by atoms with Gasteiger partial charge in [0.25, 0.3) is 0 Å². The number of carbonyl (C=O) groups is 1. The standard InChI is InChI=1S/C22H27NO4/c1-3-27-19-10-9-18(15-20(19)26-2)21(16-7-5-4-6-8-16)23-13-11-17(12-14-23)22(24)25/h4-10,15,17,21H,3,11-14H2,1-2H3,(H,24,25). The van der Waals surface area contributed by atoms with Gasteiger partial charge in [0.15, 0.2) is 11.5 Å². The molecule has 1 atom stereocenters. The summed E-state index contributed by atoms with van der Waals surface area (Å²) in [5, 5.41) is 9.30. The van der Waals surface area contributed by atoms with Crippen molar-refractivity contribution in [2.24, 2.45) is 5.92 Å². The molecule has 1 aliphatic rings. The number of methoxy groups -OCH3 is 1. The molecule has 0 spiro atoms. The van der Waals surface area contributed by atoms with E-state index in [2.05, 4.69) is 23.1 Å². The summed E-state index contributed by atoms with van der Waals surface area (Å²) in [5.74, 6) is 0.525. The summed E-state index contributed by atoms with van der Waals surface area (Å²) in [7, 11) is 1.65. The summed E-state index contributed by atoms with van der Waals surface area (Å²) in [6.07, 6.45) is 1.35. The lowest BCUT2D eigenvalue weighted by molar-refractivity contribution is -0.143. The second kappa shape index (κ2) is 8.91. The smallest absolute Gasteiger partial charge is 0.306 e. The number of hydrogen-bond acceptors (Lipinski definition) is 4. The highest BCUT2D eigenvalue weighted by Crippen LogP contribution is 2.37. The summed E-state index contributed by atoms with van der Waals surface area (Å²) in [4.78, 5) is 13.7. The van der Waals surface area contributed by atoms with Crippen LogP contribution in [-0.2, 0) is 4.79 Å². The second-order valence-electron chi connectivity index (χ2n) is 6.81. The van der Waals surface area contributed by atoms with Crippen molar-refractivity contribution < 1.29 is 19.4 Å². The molecule has 0 amide bonds. The molecule has 1 fully saturated rings. The number of likely N-dealkylation sites (tertiary alicyclic amines) is 1. The molecule has 1 unspecified atom stereocenters. The van der Waals surface area contributed by atoms with E-state index in [0.717, 1.165) is 30.2 Å². The first-order valence-corrected chi connectivity index (χ1v) is 9.46. The largest absolute Gasteiger partial charge is 0.493 e. The van der Waals surface area contributed by atoms with E-state index in [1.54, 1.807) is 7.11 Å². The van der Waals surface area contributed by atoms with Gasteiger partial charge in [0.05, 0.1) is 25.7 Å². The monoisotopic (exact) mass is 369 g/mol. The van der Waals surface area contributed by atoms with Crippen LogP contribution in [-0.4, -0.2) is 42.8 Å². The Kier molecular flexibility index (Phi) is 6.35. The first-order valence-electron chi connectivity index (χ1n) is 9.46. The Hall–Kier alpha value is -2.53. The zero-order valence-corrected chi connectivity index (χ0v) is 15.9. The first-order chi connectivity index (χ1) is 13.1. The summed E-state index contributed by atoms with van der Waals surface area (Å²) in [5.41, 5.74) is 2.31. The predicted molar refractivity (Wildman–Crippen MR) is 104 cm³/mol. The van der Waals surface area contributed by atoms with Gasteiger partial charge in [0.1, 0.15) is 0 Å². The first kappa shape index (κ1) is 19.2. The molecular weight excluding hydrogens is 342 g/mol. The van der Waals surface area contributed by atoms with Crippen molar-refractivity contribution in [3.63, 3.8) is 0 Å². The number of benzene rings is 2. The van der Waals surface area contributed by atoms with E-state index in [9.17, 15) is 9.90 Å². The molecule has 1 heterocycles. The normalized spacial score (nSPS) is 16.7. The number of carboxylic acid groups (broad SMARTS) is 1. The van der Waals surface area contributed by atoms with E-state index < -0.39 is 5.97 Å². The van der Waals surface area contributed by atoms with E-state index in [1.807, 2.05) is 37.3 Å². The lowest BCUT2D eigenvalue weighted by Gasteiger charge is -2.37. The molecule has 0 aromatic heterocycles. The fourth-order valence-electron chi connectivity index (χ4n) is 3.78. The minimum Gasteiger partial charge on any atom is -0.493 e. The minimum absolute atomic E-state index is 0.0607. The van der Waals surface area contributed by atoms with Crippen molar-refractivity contribution in [3.8, 4) is 11.5 Å². The van der Waals surface area contributed by atoms with Gasteiger partial charge in [-0.05, 0) is 56.1 Å². The maximum Gasteiger partial charge on any atom is 0.306 e. The van der Waals surface area contributed by atoms with Gasteiger partial charge in [-0.3, -0.25) is 9.69 Å².